The molecule has 0 saturated heterocycles. The third-order valence-corrected chi connectivity index (χ3v) is 4.18. The predicted octanol–water partition coefficient (Wildman–Crippen LogP) is 3.32. The lowest BCUT2D eigenvalue weighted by Crippen LogP contribution is -2.14. The van der Waals surface area contributed by atoms with Crippen LogP contribution in [0.2, 0.25) is 0 Å². The molecule has 0 aliphatic heterocycles. The summed E-state index contributed by atoms with van der Waals surface area (Å²) < 4.78 is 0. The first-order valence-electron chi connectivity index (χ1n) is 8.75. The van der Waals surface area contributed by atoms with Crippen LogP contribution in [0.1, 0.15) is 23.0 Å². The summed E-state index contributed by atoms with van der Waals surface area (Å²) in [7, 11) is 3.86. The van der Waals surface area contributed by atoms with Gasteiger partial charge in [0.2, 0.25) is 0 Å². The Hall–Kier alpha value is -3.41. The Kier molecular flexibility index (Phi) is 5.35. The maximum absolute atomic E-state index is 12.6. The van der Waals surface area contributed by atoms with Crippen molar-refractivity contribution >= 4 is 17.3 Å². The molecule has 0 fully saturated rings. The van der Waals surface area contributed by atoms with Gasteiger partial charge < -0.3 is 15.2 Å². The highest BCUT2D eigenvalue weighted by Gasteiger charge is 2.09. The van der Waals surface area contributed by atoms with E-state index in [-0.39, 0.29) is 11.5 Å². The molecule has 27 heavy (non-hydrogen) atoms. The Morgan fingerprint density at radius 3 is 2.63 bits per heavy atom. The Bertz CT molecular complexity index is 1020. The average Bonchev–Trinajstić information content (AvgIpc) is 2.67. The van der Waals surface area contributed by atoms with E-state index in [0.29, 0.717) is 23.5 Å². The van der Waals surface area contributed by atoms with Gasteiger partial charge in [-0.2, -0.15) is 0 Å². The summed E-state index contributed by atoms with van der Waals surface area (Å²) in [5.41, 5.74) is 3.44. The summed E-state index contributed by atoms with van der Waals surface area (Å²) in [5.74, 6) is 0.296. The number of carbonyl (C=O) groups excluding carboxylic acids is 1. The zero-order valence-electron chi connectivity index (χ0n) is 15.6. The third kappa shape index (κ3) is 4.41. The molecule has 0 atom stereocenters. The number of aromatic amines is 1. The fourth-order valence-electron chi connectivity index (χ4n) is 2.70. The van der Waals surface area contributed by atoms with Gasteiger partial charge in [0.25, 0.3) is 11.5 Å². The summed E-state index contributed by atoms with van der Waals surface area (Å²) in [6, 6.07) is 16.2. The van der Waals surface area contributed by atoms with E-state index in [1.165, 1.54) is 6.07 Å². The molecule has 1 amide bonds. The van der Waals surface area contributed by atoms with E-state index in [0.717, 1.165) is 16.9 Å². The van der Waals surface area contributed by atoms with Crippen molar-refractivity contribution in [1.29, 1.82) is 0 Å². The van der Waals surface area contributed by atoms with E-state index >= 15 is 0 Å². The van der Waals surface area contributed by atoms with E-state index in [4.69, 9.17) is 0 Å². The highest BCUT2D eigenvalue weighted by molar-refractivity contribution is 6.05. The fraction of sp³-hybridized carbons (Fsp3) is 0.190. The smallest absolute Gasteiger partial charge is 0.255 e. The van der Waals surface area contributed by atoms with Gasteiger partial charge in [0, 0.05) is 48.4 Å². The van der Waals surface area contributed by atoms with Crippen LogP contribution in [0.25, 0.3) is 11.4 Å². The molecule has 0 spiro atoms. The quantitative estimate of drug-likeness (QED) is 0.730. The maximum Gasteiger partial charge on any atom is 0.255 e. The molecule has 0 bridgehead atoms. The predicted molar refractivity (Wildman–Crippen MR) is 108 cm³/mol. The van der Waals surface area contributed by atoms with Gasteiger partial charge in [-0.05, 0) is 36.8 Å². The fourth-order valence-corrected chi connectivity index (χ4v) is 2.70. The second kappa shape index (κ2) is 7.86. The number of anilines is 2. The number of amides is 1. The highest BCUT2D eigenvalue weighted by atomic mass is 16.1. The molecule has 1 heterocycles. The normalized spacial score (nSPS) is 10.5. The molecular formula is C21H22N4O2. The lowest BCUT2D eigenvalue weighted by Gasteiger charge is -2.13. The van der Waals surface area contributed by atoms with Crippen LogP contribution < -0.4 is 15.8 Å². The van der Waals surface area contributed by atoms with Gasteiger partial charge in [0.1, 0.15) is 5.82 Å². The largest absolute Gasteiger partial charge is 0.378 e. The average molecular weight is 362 g/mol. The maximum atomic E-state index is 12.6. The van der Waals surface area contributed by atoms with Crippen LogP contribution in [0.4, 0.5) is 11.4 Å². The van der Waals surface area contributed by atoms with E-state index < -0.39 is 0 Å². The number of benzene rings is 2. The van der Waals surface area contributed by atoms with Crippen LogP contribution in [-0.2, 0) is 6.42 Å². The molecule has 0 aliphatic carbocycles. The summed E-state index contributed by atoms with van der Waals surface area (Å²) in [6.07, 6.45) is 0.676. The summed E-state index contributed by atoms with van der Waals surface area (Å²) in [5, 5.41) is 2.90. The number of H-pyrrole nitrogens is 1. The molecule has 3 rings (SSSR count). The molecule has 0 unspecified atom stereocenters. The van der Waals surface area contributed by atoms with Gasteiger partial charge in [-0.15, -0.1) is 0 Å². The van der Waals surface area contributed by atoms with Crippen molar-refractivity contribution in [1.82, 2.24) is 9.97 Å². The number of nitrogens with one attached hydrogen (secondary N) is 2. The Labute approximate surface area is 157 Å². The molecule has 0 saturated carbocycles. The molecule has 6 heteroatoms. The second-order valence-corrected chi connectivity index (χ2v) is 6.42. The lowest BCUT2D eigenvalue weighted by molar-refractivity contribution is 0.102. The van der Waals surface area contributed by atoms with Gasteiger partial charge in [0.05, 0.1) is 0 Å². The zero-order chi connectivity index (χ0) is 19.4. The summed E-state index contributed by atoms with van der Waals surface area (Å²) in [4.78, 5) is 33.5. The van der Waals surface area contributed by atoms with Gasteiger partial charge in [-0.25, -0.2) is 4.98 Å². The van der Waals surface area contributed by atoms with Crippen molar-refractivity contribution in [3.05, 3.63) is 76.2 Å². The molecule has 138 valence electrons. The third-order valence-electron chi connectivity index (χ3n) is 4.18. The molecular weight excluding hydrogens is 340 g/mol. The van der Waals surface area contributed by atoms with Crippen LogP contribution >= 0.6 is 0 Å². The summed E-state index contributed by atoms with van der Waals surface area (Å²) >= 11 is 0. The van der Waals surface area contributed by atoms with Crippen molar-refractivity contribution in [2.45, 2.75) is 13.3 Å². The number of rotatable bonds is 5. The number of hydrogen-bond acceptors (Lipinski definition) is 4. The van der Waals surface area contributed by atoms with Crippen LogP contribution in [0.15, 0.2) is 59.4 Å². The number of nitrogens with zero attached hydrogens (tertiary/aromatic N) is 2. The Morgan fingerprint density at radius 1 is 1.11 bits per heavy atom. The van der Waals surface area contributed by atoms with E-state index in [1.807, 2.05) is 56.3 Å². The van der Waals surface area contributed by atoms with Crippen molar-refractivity contribution in [2.75, 3.05) is 24.3 Å². The lowest BCUT2D eigenvalue weighted by atomic mass is 10.1. The molecule has 2 aromatic carbocycles. The van der Waals surface area contributed by atoms with Gasteiger partial charge in [0.15, 0.2) is 0 Å². The van der Waals surface area contributed by atoms with Crippen molar-refractivity contribution < 1.29 is 4.79 Å². The van der Waals surface area contributed by atoms with E-state index in [9.17, 15) is 9.59 Å². The molecule has 0 aliphatic rings. The Morgan fingerprint density at radius 2 is 1.89 bits per heavy atom. The zero-order valence-corrected chi connectivity index (χ0v) is 15.6. The second-order valence-electron chi connectivity index (χ2n) is 6.42. The van der Waals surface area contributed by atoms with Crippen LogP contribution in [-0.4, -0.2) is 30.0 Å². The minimum absolute atomic E-state index is 0.188. The topological polar surface area (TPSA) is 78.1 Å². The van der Waals surface area contributed by atoms with Gasteiger partial charge >= 0.3 is 0 Å². The highest BCUT2D eigenvalue weighted by Crippen LogP contribution is 2.20. The number of aromatic nitrogens is 2. The first kappa shape index (κ1) is 18.4. The van der Waals surface area contributed by atoms with Crippen molar-refractivity contribution in [3.8, 4) is 11.4 Å². The van der Waals surface area contributed by atoms with E-state index in [1.54, 1.807) is 18.2 Å². The standard InChI is InChI=1S/C21H22N4O2/c1-4-16-13-19(26)24-20(22-16)14-7-5-9-17(11-14)23-21(27)15-8-6-10-18(12-15)25(2)3/h5-13H,4H2,1-3H3,(H,23,27)(H,22,24,26). The summed E-state index contributed by atoms with van der Waals surface area (Å²) in [6.45, 7) is 1.95. The minimum atomic E-state index is -0.195. The molecule has 0 radical (unpaired) electrons. The van der Waals surface area contributed by atoms with Crippen LogP contribution in [0, 0.1) is 0 Å². The first-order chi connectivity index (χ1) is 13.0. The SMILES string of the molecule is CCc1cc(=O)[nH]c(-c2cccc(NC(=O)c3cccc(N(C)C)c3)c2)n1. The monoisotopic (exact) mass is 362 g/mol. The molecule has 1 aromatic heterocycles. The van der Waals surface area contributed by atoms with E-state index in [2.05, 4.69) is 15.3 Å². The van der Waals surface area contributed by atoms with Crippen LogP contribution in [0.5, 0.6) is 0 Å². The molecule has 6 nitrogen and oxygen atoms in total. The Balaban J connectivity index is 1.86. The van der Waals surface area contributed by atoms with Crippen molar-refractivity contribution in [2.24, 2.45) is 0 Å². The van der Waals surface area contributed by atoms with Crippen molar-refractivity contribution in [3.63, 3.8) is 0 Å². The molecule has 3 aromatic rings. The van der Waals surface area contributed by atoms with Gasteiger partial charge in [-0.1, -0.05) is 25.1 Å². The number of aryl methyl sites for hydroxylation is 1. The minimum Gasteiger partial charge on any atom is -0.378 e. The number of carbonyl (C=O) groups is 1. The van der Waals surface area contributed by atoms with Gasteiger partial charge in [-0.3, -0.25) is 9.59 Å². The van der Waals surface area contributed by atoms with Crippen LogP contribution in [0.3, 0.4) is 0 Å². The number of hydrogen-bond donors (Lipinski definition) is 2. The first-order valence-corrected chi connectivity index (χ1v) is 8.75. The molecule has 2 N–H and O–H groups in total.